The first-order valence-electron chi connectivity index (χ1n) is 9.33. The van der Waals surface area contributed by atoms with Crippen LogP contribution in [0.5, 0.6) is 0 Å². The van der Waals surface area contributed by atoms with E-state index < -0.39 is 0 Å². The summed E-state index contributed by atoms with van der Waals surface area (Å²) in [6.45, 7) is 5.79. The maximum Gasteiger partial charge on any atom is 0.255 e. The number of aryl methyl sites for hydroxylation is 1. The number of carbonyl (C=O) groups excluding carboxylic acids is 2. The third-order valence-electron chi connectivity index (χ3n) is 5.93. The van der Waals surface area contributed by atoms with Gasteiger partial charge in [-0.05, 0) is 25.8 Å². The SMILES string of the molecule is CCC(=O)N1CCc2[nH]cnc2C12CCN(C(=O)c1cc[nH]c1C)CC2. The summed E-state index contributed by atoms with van der Waals surface area (Å²) in [4.78, 5) is 40.2. The maximum absolute atomic E-state index is 12.8. The number of rotatable bonds is 2. The molecule has 1 fully saturated rings. The largest absolute Gasteiger partial charge is 0.365 e. The van der Waals surface area contributed by atoms with Crippen molar-refractivity contribution in [1.29, 1.82) is 0 Å². The van der Waals surface area contributed by atoms with Crippen molar-refractivity contribution in [3.8, 4) is 0 Å². The molecule has 1 spiro atoms. The van der Waals surface area contributed by atoms with Gasteiger partial charge in [-0.1, -0.05) is 6.92 Å². The topological polar surface area (TPSA) is 85.1 Å². The molecule has 1 saturated heterocycles. The summed E-state index contributed by atoms with van der Waals surface area (Å²) in [7, 11) is 0. The average Bonchev–Trinajstić information content (AvgIpc) is 3.31. The van der Waals surface area contributed by atoms with E-state index in [1.54, 1.807) is 12.5 Å². The molecule has 2 aromatic heterocycles. The van der Waals surface area contributed by atoms with Crippen LogP contribution in [0.25, 0.3) is 0 Å². The number of nitrogens with one attached hydrogen (secondary N) is 2. The second kappa shape index (κ2) is 6.30. The summed E-state index contributed by atoms with van der Waals surface area (Å²) >= 11 is 0. The van der Waals surface area contributed by atoms with Crippen LogP contribution < -0.4 is 0 Å². The van der Waals surface area contributed by atoms with Crippen LogP contribution in [0.1, 0.15) is 53.6 Å². The summed E-state index contributed by atoms with van der Waals surface area (Å²) in [6.07, 6.45) is 6.29. The second-order valence-electron chi connectivity index (χ2n) is 7.22. The van der Waals surface area contributed by atoms with Gasteiger partial charge in [0.1, 0.15) is 0 Å². The lowest BCUT2D eigenvalue weighted by atomic mass is 9.78. The van der Waals surface area contributed by atoms with Crippen molar-refractivity contribution < 1.29 is 9.59 Å². The lowest BCUT2D eigenvalue weighted by Crippen LogP contribution is -2.58. The van der Waals surface area contributed by atoms with Gasteiger partial charge in [-0.25, -0.2) is 4.98 Å². The first kappa shape index (κ1) is 16.9. The Labute approximate surface area is 152 Å². The molecule has 0 unspecified atom stereocenters. The number of likely N-dealkylation sites (tertiary alicyclic amines) is 1. The number of amides is 2. The number of hydrogen-bond donors (Lipinski definition) is 2. The smallest absolute Gasteiger partial charge is 0.255 e. The Hall–Kier alpha value is -2.57. The summed E-state index contributed by atoms with van der Waals surface area (Å²) < 4.78 is 0. The number of imidazole rings is 1. The van der Waals surface area contributed by atoms with E-state index >= 15 is 0 Å². The number of H-pyrrole nitrogens is 2. The van der Waals surface area contributed by atoms with Crippen LogP contribution in [0.4, 0.5) is 0 Å². The molecule has 4 rings (SSSR count). The van der Waals surface area contributed by atoms with Crippen molar-refractivity contribution in [2.24, 2.45) is 0 Å². The molecule has 0 bridgehead atoms. The molecule has 0 radical (unpaired) electrons. The monoisotopic (exact) mass is 355 g/mol. The lowest BCUT2D eigenvalue weighted by Gasteiger charge is -2.50. The molecule has 4 heterocycles. The van der Waals surface area contributed by atoms with Gasteiger partial charge in [0, 0.05) is 50.1 Å². The average molecular weight is 355 g/mol. The van der Waals surface area contributed by atoms with E-state index in [0.29, 0.717) is 26.1 Å². The molecular weight excluding hydrogens is 330 g/mol. The van der Waals surface area contributed by atoms with Gasteiger partial charge < -0.3 is 19.8 Å². The molecule has 26 heavy (non-hydrogen) atoms. The van der Waals surface area contributed by atoms with Gasteiger partial charge in [0.2, 0.25) is 5.91 Å². The molecule has 7 nitrogen and oxygen atoms in total. The fraction of sp³-hybridized carbons (Fsp3) is 0.526. The van der Waals surface area contributed by atoms with Crippen molar-refractivity contribution in [3.05, 3.63) is 41.2 Å². The lowest BCUT2D eigenvalue weighted by molar-refractivity contribution is -0.141. The summed E-state index contributed by atoms with van der Waals surface area (Å²) in [5, 5.41) is 0. The van der Waals surface area contributed by atoms with Crippen LogP contribution in [-0.4, -0.2) is 56.2 Å². The van der Waals surface area contributed by atoms with Crippen molar-refractivity contribution in [2.75, 3.05) is 19.6 Å². The third kappa shape index (κ3) is 2.45. The number of nitrogens with zero attached hydrogens (tertiary/aromatic N) is 3. The van der Waals surface area contributed by atoms with Crippen molar-refractivity contribution >= 4 is 11.8 Å². The van der Waals surface area contributed by atoms with E-state index in [-0.39, 0.29) is 17.4 Å². The highest BCUT2D eigenvalue weighted by Gasteiger charge is 2.48. The van der Waals surface area contributed by atoms with Crippen LogP contribution in [0.2, 0.25) is 0 Å². The molecule has 2 aliphatic rings. The minimum atomic E-state index is -0.384. The first-order valence-corrected chi connectivity index (χ1v) is 9.33. The van der Waals surface area contributed by atoms with Crippen LogP contribution in [-0.2, 0) is 16.8 Å². The number of carbonyl (C=O) groups is 2. The summed E-state index contributed by atoms with van der Waals surface area (Å²) in [6, 6.07) is 1.83. The molecule has 0 aliphatic carbocycles. The summed E-state index contributed by atoms with van der Waals surface area (Å²) in [5.41, 5.74) is 3.36. The van der Waals surface area contributed by atoms with Crippen molar-refractivity contribution in [1.82, 2.24) is 24.8 Å². The molecule has 2 N–H and O–H groups in total. The number of aromatic amines is 2. The molecule has 0 atom stereocenters. The van der Waals surface area contributed by atoms with Gasteiger partial charge in [0.15, 0.2) is 0 Å². The van der Waals surface area contributed by atoms with Gasteiger partial charge in [-0.3, -0.25) is 9.59 Å². The number of fused-ring (bicyclic) bond motifs is 2. The highest BCUT2D eigenvalue weighted by Crippen LogP contribution is 2.42. The Kier molecular flexibility index (Phi) is 4.09. The van der Waals surface area contributed by atoms with Crippen LogP contribution >= 0.6 is 0 Å². The van der Waals surface area contributed by atoms with E-state index in [4.69, 9.17) is 0 Å². The predicted molar refractivity (Wildman–Crippen MR) is 96.6 cm³/mol. The maximum atomic E-state index is 12.8. The fourth-order valence-corrected chi connectivity index (χ4v) is 4.47. The van der Waals surface area contributed by atoms with Gasteiger partial charge in [-0.15, -0.1) is 0 Å². The fourth-order valence-electron chi connectivity index (χ4n) is 4.47. The number of aromatic nitrogens is 3. The van der Waals surface area contributed by atoms with E-state index in [1.165, 1.54) is 0 Å². The number of piperidine rings is 1. The zero-order chi connectivity index (χ0) is 18.3. The Bertz CT molecular complexity index is 829. The highest BCUT2D eigenvalue weighted by atomic mass is 16.2. The molecule has 0 saturated carbocycles. The molecule has 138 valence electrons. The predicted octanol–water partition coefficient (Wildman–Crippen LogP) is 1.97. The van der Waals surface area contributed by atoms with Gasteiger partial charge in [0.25, 0.3) is 5.91 Å². The Morgan fingerprint density at radius 2 is 2.00 bits per heavy atom. The normalized spacial score (nSPS) is 18.8. The Morgan fingerprint density at radius 1 is 1.23 bits per heavy atom. The molecule has 2 aliphatic heterocycles. The van der Waals surface area contributed by atoms with Gasteiger partial charge in [0.05, 0.1) is 23.1 Å². The second-order valence-corrected chi connectivity index (χ2v) is 7.22. The Balaban J connectivity index is 1.60. The Morgan fingerprint density at radius 3 is 2.65 bits per heavy atom. The van der Waals surface area contributed by atoms with E-state index in [9.17, 15) is 9.59 Å². The quantitative estimate of drug-likeness (QED) is 0.864. The standard InChI is InChI=1S/C19H25N5O2/c1-3-16(25)24-9-5-15-17(22-12-21-15)19(24)6-10-23(11-7-19)18(26)14-4-8-20-13(14)2/h4,8,12,20H,3,5-7,9-11H2,1-2H3,(H,21,22). The molecule has 0 aromatic carbocycles. The molecular formula is C19H25N5O2. The number of hydrogen-bond acceptors (Lipinski definition) is 3. The molecule has 7 heteroatoms. The molecule has 2 aromatic rings. The van der Waals surface area contributed by atoms with E-state index in [1.807, 2.05) is 29.7 Å². The van der Waals surface area contributed by atoms with E-state index in [2.05, 4.69) is 15.0 Å². The van der Waals surface area contributed by atoms with Crippen LogP contribution in [0, 0.1) is 6.92 Å². The van der Waals surface area contributed by atoms with Crippen molar-refractivity contribution in [2.45, 2.75) is 45.1 Å². The van der Waals surface area contributed by atoms with Gasteiger partial charge >= 0.3 is 0 Å². The van der Waals surface area contributed by atoms with Crippen LogP contribution in [0.3, 0.4) is 0 Å². The zero-order valence-corrected chi connectivity index (χ0v) is 15.3. The minimum absolute atomic E-state index is 0.0602. The van der Waals surface area contributed by atoms with Crippen LogP contribution in [0.15, 0.2) is 18.6 Å². The first-order chi connectivity index (χ1) is 12.6. The van der Waals surface area contributed by atoms with E-state index in [0.717, 1.165) is 41.9 Å². The third-order valence-corrected chi connectivity index (χ3v) is 5.93. The molecule has 2 amide bonds. The minimum Gasteiger partial charge on any atom is -0.365 e. The zero-order valence-electron chi connectivity index (χ0n) is 15.3. The summed E-state index contributed by atoms with van der Waals surface area (Å²) in [5.74, 6) is 0.227. The van der Waals surface area contributed by atoms with Crippen molar-refractivity contribution in [3.63, 3.8) is 0 Å². The van der Waals surface area contributed by atoms with Gasteiger partial charge in [-0.2, -0.15) is 0 Å². The highest BCUT2D eigenvalue weighted by molar-refractivity contribution is 5.95.